The second kappa shape index (κ2) is 10.7. The number of unbranched alkanes of at least 4 members (excludes halogenated alkanes) is 1. The van der Waals surface area contributed by atoms with E-state index in [0.29, 0.717) is 12.2 Å². The molecule has 5 atom stereocenters. The first-order valence-corrected chi connectivity index (χ1v) is 9.22. The zero-order valence-electron chi connectivity index (χ0n) is 16.2. The van der Waals surface area contributed by atoms with E-state index in [-0.39, 0.29) is 0 Å². The van der Waals surface area contributed by atoms with Crippen molar-refractivity contribution in [2.45, 2.75) is 64.3 Å². The summed E-state index contributed by atoms with van der Waals surface area (Å²) in [5.74, 6) is -1.21. The summed E-state index contributed by atoms with van der Waals surface area (Å²) < 4.78 is 22.4. The van der Waals surface area contributed by atoms with Crippen molar-refractivity contribution < 1.29 is 28.5 Å². The van der Waals surface area contributed by atoms with Crippen LogP contribution in [0.2, 0.25) is 0 Å². The summed E-state index contributed by atoms with van der Waals surface area (Å²) in [6.45, 7) is 5.30. The highest BCUT2D eigenvalue weighted by Gasteiger charge is 2.48. The van der Waals surface area contributed by atoms with Gasteiger partial charge in [-0.1, -0.05) is 36.7 Å². The summed E-state index contributed by atoms with van der Waals surface area (Å²) in [4.78, 5) is 27.0. The van der Waals surface area contributed by atoms with Crippen LogP contribution in [0.3, 0.4) is 0 Å². The summed E-state index contributed by atoms with van der Waals surface area (Å²) >= 11 is 0. The highest BCUT2D eigenvalue weighted by atomic mass is 16.7. The lowest BCUT2D eigenvalue weighted by Crippen LogP contribution is -2.59. The second-order valence-corrected chi connectivity index (χ2v) is 6.44. The molecule has 1 fully saturated rings. The predicted octanol–water partition coefficient (Wildman–Crippen LogP) is 3.38. The van der Waals surface area contributed by atoms with E-state index in [1.165, 1.54) is 6.92 Å². The smallest absolute Gasteiger partial charge is 0.338 e. The average Bonchev–Trinajstić information content (AvgIpc) is 2.67. The molecule has 0 saturated carbocycles. The molecule has 0 radical (unpaired) electrons. The maximum absolute atomic E-state index is 12.6. The van der Waals surface area contributed by atoms with Crippen molar-refractivity contribution in [3.8, 4) is 0 Å². The molecule has 1 aliphatic heterocycles. The van der Waals surface area contributed by atoms with Gasteiger partial charge in [0.05, 0.1) is 17.7 Å². The molecule has 0 amide bonds. The van der Waals surface area contributed by atoms with Gasteiger partial charge in [0.25, 0.3) is 0 Å². The summed E-state index contributed by atoms with van der Waals surface area (Å²) in [7, 11) is 0. The number of hydrogen-bond donors (Lipinski definition) is 0. The quantitative estimate of drug-likeness (QED) is 0.220. The lowest BCUT2D eigenvalue weighted by molar-refractivity contribution is -0.266. The van der Waals surface area contributed by atoms with Crippen molar-refractivity contribution in [3.05, 3.63) is 46.3 Å². The maximum atomic E-state index is 12.6. The zero-order valence-corrected chi connectivity index (χ0v) is 16.2. The first kappa shape index (κ1) is 21.7. The lowest BCUT2D eigenvalue weighted by Gasteiger charge is -2.42. The number of esters is 2. The molecule has 0 spiro atoms. The van der Waals surface area contributed by atoms with Gasteiger partial charge in [-0.25, -0.2) is 4.79 Å². The van der Waals surface area contributed by atoms with Gasteiger partial charge in [0.15, 0.2) is 6.10 Å². The van der Waals surface area contributed by atoms with E-state index in [9.17, 15) is 9.59 Å². The van der Waals surface area contributed by atoms with Crippen LogP contribution >= 0.6 is 0 Å². The van der Waals surface area contributed by atoms with Crippen molar-refractivity contribution >= 4 is 11.9 Å². The molecule has 1 aliphatic rings. The fraction of sp³-hybridized carbons (Fsp3) is 0.579. The molecule has 1 saturated heterocycles. The summed E-state index contributed by atoms with van der Waals surface area (Å²) in [6, 6.07) is 7.65. The number of rotatable bonds is 8. The van der Waals surface area contributed by atoms with Crippen molar-refractivity contribution in [3.63, 3.8) is 0 Å². The van der Waals surface area contributed by atoms with Crippen LogP contribution in [0.1, 0.15) is 44.0 Å². The lowest BCUT2D eigenvalue weighted by atomic mass is 9.97. The second-order valence-electron chi connectivity index (χ2n) is 6.44. The number of carbonyl (C=O) groups excluding carboxylic acids is 2. The molecule has 2 unspecified atom stereocenters. The van der Waals surface area contributed by atoms with Crippen LogP contribution in [-0.2, 0) is 23.7 Å². The van der Waals surface area contributed by atoms with Gasteiger partial charge in [0.2, 0.25) is 6.29 Å². The Morgan fingerprint density at radius 2 is 1.93 bits per heavy atom. The fourth-order valence-corrected chi connectivity index (χ4v) is 2.91. The van der Waals surface area contributed by atoms with Gasteiger partial charge in [0.1, 0.15) is 6.10 Å². The van der Waals surface area contributed by atoms with E-state index in [4.69, 9.17) is 24.5 Å². The van der Waals surface area contributed by atoms with Crippen molar-refractivity contribution in [2.24, 2.45) is 5.11 Å². The molecule has 0 aromatic heterocycles. The van der Waals surface area contributed by atoms with Gasteiger partial charge in [0, 0.05) is 18.4 Å². The molecule has 0 N–H and O–H groups in total. The van der Waals surface area contributed by atoms with Crippen molar-refractivity contribution in [2.75, 3.05) is 6.61 Å². The van der Waals surface area contributed by atoms with Gasteiger partial charge in [-0.05, 0) is 31.0 Å². The van der Waals surface area contributed by atoms with Gasteiger partial charge in [-0.3, -0.25) is 4.79 Å². The number of azide groups is 1. The van der Waals surface area contributed by atoms with Crippen LogP contribution in [0.4, 0.5) is 0 Å². The minimum absolute atomic E-state index is 0.329. The highest BCUT2D eigenvalue weighted by molar-refractivity contribution is 5.89. The Labute approximate surface area is 163 Å². The van der Waals surface area contributed by atoms with Crippen LogP contribution in [-0.4, -0.2) is 49.2 Å². The Morgan fingerprint density at radius 3 is 2.54 bits per heavy atom. The van der Waals surface area contributed by atoms with Crippen molar-refractivity contribution in [1.29, 1.82) is 0 Å². The zero-order chi connectivity index (χ0) is 20.5. The van der Waals surface area contributed by atoms with Gasteiger partial charge < -0.3 is 18.9 Å². The van der Waals surface area contributed by atoms with Gasteiger partial charge in [-0.2, -0.15) is 0 Å². The summed E-state index contributed by atoms with van der Waals surface area (Å²) in [5, 5.41) is 3.77. The SMILES string of the molecule is CCCCOC1[C@H](N=[N+]=[N-])C(C)O[C@H](OC(C)=O)[C@@H]1OC(=O)c1ccccc1. The largest absolute Gasteiger partial charge is 0.449 e. The van der Waals surface area contributed by atoms with Crippen LogP contribution in [0, 0.1) is 0 Å². The minimum Gasteiger partial charge on any atom is -0.449 e. The van der Waals surface area contributed by atoms with E-state index < -0.39 is 42.6 Å². The number of carbonyl (C=O) groups is 2. The molecular weight excluding hydrogens is 366 g/mol. The van der Waals surface area contributed by atoms with E-state index >= 15 is 0 Å². The molecular formula is C19H25N3O6. The van der Waals surface area contributed by atoms with E-state index in [0.717, 1.165) is 12.8 Å². The summed E-state index contributed by atoms with van der Waals surface area (Å²) in [5.41, 5.74) is 9.27. The Kier molecular flexibility index (Phi) is 8.25. The van der Waals surface area contributed by atoms with Gasteiger partial charge >= 0.3 is 11.9 Å². The van der Waals surface area contributed by atoms with Gasteiger partial charge in [-0.15, -0.1) is 0 Å². The third-order valence-corrected chi connectivity index (χ3v) is 4.29. The predicted molar refractivity (Wildman–Crippen MR) is 99.3 cm³/mol. The molecule has 1 aromatic rings. The van der Waals surface area contributed by atoms with Crippen molar-refractivity contribution in [1.82, 2.24) is 0 Å². The first-order chi connectivity index (χ1) is 13.5. The summed E-state index contributed by atoms with van der Waals surface area (Å²) in [6.07, 6.45) is -2.00. The molecule has 9 heteroatoms. The highest BCUT2D eigenvalue weighted by Crippen LogP contribution is 2.30. The fourth-order valence-electron chi connectivity index (χ4n) is 2.91. The number of hydrogen-bond acceptors (Lipinski definition) is 7. The number of ether oxygens (including phenoxy) is 4. The van der Waals surface area contributed by atoms with Crippen LogP contribution in [0.5, 0.6) is 0 Å². The van der Waals surface area contributed by atoms with Crippen LogP contribution < -0.4 is 0 Å². The van der Waals surface area contributed by atoms with E-state index in [2.05, 4.69) is 10.0 Å². The van der Waals surface area contributed by atoms with E-state index in [1.807, 2.05) is 6.92 Å². The monoisotopic (exact) mass is 391 g/mol. The Bertz CT molecular complexity index is 707. The van der Waals surface area contributed by atoms with Crippen LogP contribution in [0.25, 0.3) is 10.4 Å². The molecule has 152 valence electrons. The molecule has 1 aromatic carbocycles. The molecule has 0 bridgehead atoms. The topological polar surface area (TPSA) is 120 Å². The molecule has 28 heavy (non-hydrogen) atoms. The number of nitrogens with zero attached hydrogens (tertiary/aromatic N) is 3. The average molecular weight is 391 g/mol. The van der Waals surface area contributed by atoms with E-state index in [1.54, 1.807) is 37.3 Å². The Balaban J connectivity index is 2.32. The number of benzene rings is 1. The van der Waals surface area contributed by atoms with Crippen LogP contribution in [0.15, 0.2) is 35.4 Å². The first-order valence-electron chi connectivity index (χ1n) is 9.22. The third kappa shape index (κ3) is 5.69. The minimum atomic E-state index is -1.17. The molecule has 9 nitrogen and oxygen atoms in total. The maximum Gasteiger partial charge on any atom is 0.338 e. The molecule has 0 aliphatic carbocycles. The molecule has 1 heterocycles. The Hall–Kier alpha value is -2.61. The molecule has 2 rings (SSSR count). The normalized spacial score (nSPS) is 26.8. The standard InChI is InChI=1S/C19H25N3O6/c1-4-5-11-25-16-15(21-22-20)12(2)26-19(27-13(3)23)17(16)28-18(24)14-9-7-6-8-10-14/h6-10,12,15-17,19H,4-5,11H2,1-3H3/t12?,15-,16?,17-,19-/m1/s1. The Morgan fingerprint density at radius 1 is 1.21 bits per heavy atom. The third-order valence-electron chi connectivity index (χ3n) is 4.29.